The molecule has 2 heterocycles. The predicted molar refractivity (Wildman–Crippen MR) is 77.9 cm³/mol. The van der Waals surface area contributed by atoms with Crippen LogP contribution in [0.15, 0.2) is 22.9 Å². The maximum absolute atomic E-state index is 12.5. The number of halogens is 1. The van der Waals surface area contributed by atoms with Gasteiger partial charge in [0.05, 0.1) is 5.56 Å². The molecule has 0 radical (unpaired) electrons. The Morgan fingerprint density at radius 2 is 2.00 bits per heavy atom. The fourth-order valence-electron chi connectivity index (χ4n) is 3.50. The third-order valence-corrected chi connectivity index (χ3v) is 4.96. The standard InChI is InChI=1S/C15H19BrN2O/c16-14-7-13(8-17-9-14)15(19)18-6-5-11-3-1-2-4-12(11)10-18/h7-9,11-12H,1-6,10H2. The van der Waals surface area contributed by atoms with Crippen molar-refractivity contribution < 1.29 is 4.79 Å². The summed E-state index contributed by atoms with van der Waals surface area (Å²) in [5.74, 6) is 1.72. The van der Waals surface area contributed by atoms with E-state index in [1.165, 1.54) is 32.1 Å². The molecule has 1 saturated heterocycles. The number of hydrogen-bond acceptors (Lipinski definition) is 2. The molecule has 2 aliphatic rings. The van der Waals surface area contributed by atoms with E-state index in [0.717, 1.165) is 29.4 Å². The molecule has 3 nitrogen and oxygen atoms in total. The molecule has 2 unspecified atom stereocenters. The number of carbonyl (C=O) groups is 1. The Morgan fingerprint density at radius 3 is 2.79 bits per heavy atom. The summed E-state index contributed by atoms with van der Waals surface area (Å²) < 4.78 is 0.867. The van der Waals surface area contributed by atoms with E-state index in [1.54, 1.807) is 12.4 Å². The van der Waals surface area contributed by atoms with Gasteiger partial charge in [-0.25, -0.2) is 0 Å². The average Bonchev–Trinajstić information content (AvgIpc) is 2.46. The van der Waals surface area contributed by atoms with Gasteiger partial charge < -0.3 is 4.90 Å². The van der Waals surface area contributed by atoms with E-state index in [-0.39, 0.29) is 5.91 Å². The number of pyridine rings is 1. The highest BCUT2D eigenvalue weighted by Gasteiger charge is 2.33. The minimum atomic E-state index is 0.137. The molecule has 19 heavy (non-hydrogen) atoms. The number of fused-ring (bicyclic) bond motifs is 1. The van der Waals surface area contributed by atoms with Crippen LogP contribution in [0.2, 0.25) is 0 Å². The van der Waals surface area contributed by atoms with E-state index in [4.69, 9.17) is 0 Å². The number of likely N-dealkylation sites (tertiary alicyclic amines) is 1. The second-order valence-corrected chi connectivity index (χ2v) is 6.65. The number of hydrogen-bond donors (Lipinski definition) is 0. The van der Waals surface area contributed by atoms with Gasteiger partial charge >= 0.3 is 0 Å². The molecule has 2 atom stereocenters. The van der Waals surface area contributed by atoms with Gasteiger partial charge in [-0.1, -0.05) is 19.3 Å². The minimum absolute atomic E-state index is 0.137. The lowest BCUT2D eigenvalue weighted by Gasteiger charge is -2.41. The molecule has 1 aliphatic carbocycles. The zero-order valence-corrected chi connectivity index (χ0v) is 12.6. The van der Waals surface area contributed by atoms with Gasteiger partial charge in [0.2, 0.25) is 0 Å². The van der Waals surface area contributed by atoms with Crippen LogP contribution >= 0.6 is 15.9 Å². The molecular weight excluding hydrogens is 304 g/mol. The first-order valence-corrected chi connectivity index (χ1v) is 7.93. The number of nitrogens with zero attached hydrogens (tertiary/aromatic N) is 2. The first-order valence-electron chi connectivity index (χ1n) is 7.14. The van der Waals surface area contributed by atoms with Crippen LogP contribution in [0.5, 0.6) is 0 Å². The molecular formula is C15H19BrN2O. The van der Waals surface area contributed by atoms with Gasteiger partial charge in [0, 0.05) is 30.0 Å². The summed E-state index contributed by atoms with van der Waals surface area (Å²) in [5, 5.41) is 0. The lowest BCUT2D eigenvalue weighted by atomic mass is 9.75. The van der Waals surface area contributed by atoms with Crippen LogP contribution in [0, 0.1) is 11.8 Å². The van der Waals surface area contributed by atoms with Crippen LogP contribution in [-0.4, -0.2) is 28.9 Å². The van der Waals surface area contributed by atoms with Crippen LogP contribution in [0.4, 0.5) is 0 Å². The Hall–Kier alpha value is -0.900. The monoisotopic (exact) mass is 322 g/mol. The minimum Gasteiger partial charge on any atom is -0.338 e. The van der Waals surface area contributed by atoms with Gasteiger partial charge in [-0.3, -0.25) is 9.78 Å². The van der Waals surface area contributed by atoms with Crippen LogP contribution < -0.4 is 0 Å². The van der Waals surface area contributed by atoms with Gasteiger partial charge in [0.25, 0.3) is 5.91 Å². The third kappa shape index (κ3) is 2.83. The number of aromatic nitrogens is 1. The number of piperidine rings is 1. The summed E-state index contributed by atoms with van der Waals surface area (Å²) in [6.07, 6.45) is 9.94. The summed E-state index contributed by atoms with van der Waals surface area (Å²) >= 11 is 3.38. The van der Waals surface area contributed by atoms with Crippen molar-refractivity contribution in [1.29, 1.82) is 0 Å². The van der Waals surface area contributed by atoms with Crippen molar-refractivity contribution in [2.75, 3.05) is 13.1 Å². The van der Waals surface area contributed by atoms with Crippen LogP contribution in [0.25, 0.3) is 0 Å². The van der Waals surface area contributed by atoms with Gasteiger partial charge in [-0.05, 0) is 46.7 Å². The molecule has 2 fully saturated rings. The average molecular weight is 323 g/mol. The first-order chi connectivity index (χ1) is 9.24. The van der Waals surface area contributed by atoms with Crippen LogP contribution in [-0.2, 0) is 0 Å². The number of amides is 1. The summed E-state index contributed by atoms with van der Waals surface area (Å²) in [4.78, 5) is 18.6. The van der Waals surface area contributed by atoms with Crippen molar-refractivity contribution >= 4 is 21.8 Å². The van der Waals surface area contributed by atoms with E-state index < -0.39 is 0 Å². The number of rotatable bonds is 1. The molecule has 1 aromatic heterocycles. The highest BCUT2D eigenvalue weighted by molar-refractivity contribution is 9.10. The molecule has 1 saturated carbocycles. The van der Waals surface area contributed by atoms with Gasteiger partial charge in [-0.2, -0.15) is 0 Å². The highest BCUT2D eigenvalue weighted by Crippen LogP contribution is 2.36. The molecule has 1 amide bonds. The topological polar surface area (TPSA) is 33.2 Å². The van der Waals surface area contributed by atoms with Crippen molar-refractivity contribution in [2.24, 2.45) is 11.8 Å². The number of carbonyl (C=O) groups excluding carboxylic acids is 1. The third-order valence-electron chi connectivity index (χ3n) is 4.53. The van der Waals surface area contributed by atoms with Crippen LogP contribution in [0.3, 0.4) is 0 Å². The van der Waals surface area contributed by atoms with E-state index in [2.05, 4.69) is 20.9 Å². The van der Waals surface area contributed by atoms with E-state index in [0.29, 0.717) is 5.56 Å². The maximum atomic E-state index is 12.5. The Bertz CT molecular complexity index is 477. The summed E-state index contributed by atoms with van der Waals surface area (Å²) in [7, 11) is 0. The molecule has 0 N–H and O–H groups in total. The molecule has 3 rings (SSSR count). The van der Waals surface area contributed by atoms with E-state index in [1.807, 2.05) is 11.0 Å². The Kier molecular flexibility index (Phi) is 3.87. The Labute approximate surface area is 122 Å². The molecule has 4 heteroatoms. The van der Waals surface area contributed by atoms with Gasteiger partial charge in [-0.15, -0.1) is 0 Å². The SMILES string of the molecule is O=C(c1cncc(Br)c1)N1CCC2CCCCC2C1. The normalized spacial score (nSPS) is 26.9. The van der Waals surface area contributed by atoms with Crippen molar-refractivity contribution in [3.05, 3.63) is 28.5 Å². The Balaban J connectivity index is 1.71. The van der Waals surface area contributed by atoms with Gasteiger partial charge in [0.15, 0.2) is 0 Å². The van der Waals surface area contributed by atoms with E-state index >= 15 is 0 Å². The smallest absolute Gasteiger partial charge is 0.255 e. The van der Waals surface area contributed by atoms with Crippen molar-refractivity contribution in [3.63, 3.8) is 0 Å². The quantitative estimate of drug-likeness (QED) is 0.792. The fourth-order valence-corrected chi connectivity index (χ4v) is 3.86. The van der Waals surface area contributed by atoms with Gasteiger partial charge in [0.1, 0.15) is 0 Å². The summed E-state index contributed by atoms with van der Waals surface area (Å²) in [5.41, 5.74) is 0.698. The predicted octanol–water partition coefficient (Wildman–Crippen LogP) is 3.50. The molecule has 102 valence electrons. The molecule has 1 aromatic rings. The molecule has 1 aliphatic heterocycles. The lowest BCUT2D eigenvalue weighted by molar-refractivity contribution is 0.0520. The van der Waals surface area contributed by atoms with Crippen molar-refractivity contribution in [1.82, 2.24) is 9.88 Å². The van der Waals surface area contributed by atoms with E-state index in [9.17, 15) is 4.79 Å². The zero-order valence-electron chi connectivity index (χ0n) is 11.0. The largest absolute Gasteiger partial charge is 0.338 e. The second kappa shape index (κ2) is 5.61. The second-order valence-electron chi connectivity index (χ2n) is 5.74. The molecule has 0 aromatic carbocycles. The first kappa shape index (κ1) is 13.1. The van der Waals surface area contributed by atoms with Crippen LogP contribution in [0.1, 0.15) is 42.5 Å². The lowest BCUT2D eigenvalue weighted by Crippen LogP contribution is -2.44. The van der Waals surface area contributed by atoms with Crippen molar-refractivity contribution in [3.8, 4) is 0 Å². The fraction of sp³-hybridized carbons (Fsp3) is 0.600. The maximum Gasteiger partial charge on any atom is 0.255 e. The zero-order chi connectivity index (χ0) is 13.2. The Morgan fingerprint density at radius 1 is 1.21 bits per heavy atom. The summed E-state index contributed by atoms with van der Waals surface area (Å²) in [6, 6.07) is 1.86. The molecule has 0 spiro atoms. The summed E-state index contributed by atoms with van der Waals surface area (Å²) in [6.45, 7) is 1.85. The highest BCUT2D eigenvalue weighted by atomic mass is 79.9. The molecule has 0 bridgehead atoms. The van der Waals surface area contributed by atoms with Crippen molar-refractivity contribution in [2.45, 2.75) is 32.1 Å².